The van der Waals surface area contributed by atoms with Crippen LogP contribution in [0.2, 0.25) is 0 Å². The molecule has 0 fully saturated rings. The maximum absolute atomic E-state index is 13.7. The summed E-state index contributed by atoms with van der Waals surface area (Å²) in [7, 11) is 0. The number of carbonyl (C=O) groups is 1. The summed E-state index contributed by atoms with van der Waals surface area (Å²) in [5, 5.41) is 11.3. The van der Waals surface area contributed by atoms with Crippen LogP contribution in [-0.4, -0.2) is 5.91 Å². The molecule has 0 saturated heterocycles. The quantitative estimate of drug-likeness (QED) is 0.778. The predicted molar refractivity (Wildman–Crippen MR) is 80.9 cm³/mol. The Morgan fingerprint density at radius 3 is 2.29 bits per heavy atom. The molecule has 3 nitrogen and oxygen atoms in total. The van der Waals surface area contributed by atoms with Crippen LogP contribution in [-0.2, 0) is 0 Å². The van der Waals surface area contributed by atoms with Gasteiger partial charge in [-0.3, -0.25) is 4.79 Å². The number of carbonyl (C=O) groups excluding carboxylic acids is 1. The standard InChI is InChI=1S/C14H6Br2F2N2O/c15-8-1-2-12(7(3-8)6-19)20-14(21)13-10(17)4-9(16)5-11(13)18/h1-5H,(H,20,21). The molecule has 0 heterocycles. The number of rotatable bonds is 2. The molecule has 21 heavy (non-hydrogen) atoms. The molecule has 2 aromatic rings. The van der Waals surface area contributed by atoms with Crippen LogP contribution in [0.25, 0.3) is 0 Å². The third-order valence-corrected chi connectivity index (χ3v) is 3.54. The number of nitrogens with one attached hydrogen (secondary N) is 1. The van der Waals surface area contributed by atoms with Crippen molar-refractivity contribution in [2.24, 2.45) is 0 Å². The Hall–Kier alpha value is -1.78. The second-order valence-electron chi connectivity index (χ2n) is 4.00. The smallest absolute Gasteiger partial charge is 0.261 e. The number of nitriles is 1. The van der Waals surface area contributed by atoms with Gasteiger partial charge < -0.3 is 5.32 Å². The lowest BCUT2D eigenvalue weighted by Crippen LogP contribution is -2.16. The molecular formula is C14H6Br2F2N2O. The van der Waals surface area contributed by atoms with Crippen LogP contribution in [0.1, 0.15) is 15.9 Å². The highest BCUT2D eigenvalue weighted by atomic mass is 79.9. The molecule has 0 bridgehead atoms. The van der Waals surface area contributed by atoms with E-state index in [2.05, 4.69) is 37.2 Å². The van der Waals surface area contributed by atoms with E-state index in [1.54, 1.807) is 6.07 Å². The number of hydrogen-bond donors (Lipinski definition) is 1. The minimum Gasteiger partial charge on any atom is -0.321 e. The molecule has 7 heteroatoms. The summed E-state index contributed by atoms with van der Waals surface area (Å²) in [5.41, 5.74) is -0.354. The average molecular weight is 416 g/mol. The van der Waals surface area contributed by atoms with Crippen molar-refractivity contribution in [2.75, 3.05) is 5.32 Å². The fourth-order valence-corrected chi connectivity index (χ4v) is 2.42. The normalized spacial score (nSPS) is 10.0. The van der Waals surface area contributed by atoms with Crippen molar-refractivity contribution >= 4 is 43.5 Å². The van der Waals surface area contributed by atoms with E-state index in [4.69, 9.17) is 5.26 Å². The fourth-order valence-electron chi connectivity index (χ4n) is 1.66. The highest BCUT2D eigenvalue weighted by Crippen LogP contribution is 2.23. The van der Waals surface area contributed by atoms with Gasteiger partial charge >= 0.3 is 0 Å². The van der Waals surface area contributed by atoms with Gasteiger partial charge in [-0.1, -0.05) is 31.9 Å². The maximum Gasteiger partial charge on any atom is 0.261 e. The summed E-state index contributed by atoms with van der Waals surface area (Å²) in [4.78, 5) is 12.0. The van der Waals surface area contributed by atoms with E-state index in [1.165, 1.54) is 12.1 Å². The zero-order chi connectivity index (χ0) is 15.6. The Bertz CT molecular complexity index is 749. The van der Waals surface area contributed by atoms with Crippen LogP contribution in [0.4, 0.5) is 14.5 Å². The maximum atomic E-state index is 13.7. The van der Waals surface area contributed by atoms with Gasteiger partial charge in [-0.2, -0.15) is 5.26 Å². The van der Waals surface area contributed by atoms with Gasteiger partial charge in [-0.05, 0) is 30.3 Å². The van der Waals surface area contributed by atoms with E-state index >= 15 is 0 Å². The topological polar surface area (TPSA) is 52.9 Å². The largest absolute Gasteiger partial charge is 0.321 e. The minimum absolute atomic E-state index is 0.174. The SMILES string of the molecule is N#Cc1cc(Br)ccc1NC(=O)c1c(F)cc(Br)cc1F. The molecule has 0 aromatic heterocycles. The first-order valence-electron chi connectivity index (χ1n) is 5.58. The third-order valence-electron chi connectivity index (χ3n) is 2.58. The summed E-state index contributed by atoms with van der Waals surface area (Å²) in [6.07, 6.45) is 0. The molecule has 0 atom stereocenters. The summed E-state index contributed by atoms with van der Waals surface area (Å²) in [5.74, 6) is -2.94. The first kappa shape index (κ1) is 15.6. The third kappa shape index (κ3) is 3.46. The number of hydrogen-bond acceptors (Lipinski definition) is 2. The first-order valence-corrected chi connectivity index (χ1v) is 7.16. The minimum atomic E-state index is -0.991. The van der Waals surface area contributed by atoms with E-state index in [0.717, 1.165) is 12.1 Å². The number of benzene rings is 2. The van der Waals surface area contributed by atoms with Gasteiger partial charge in [0.1, 0.15) is 23.3 Å². The van der Waals surface area contributed by atoms with Crippen LogP contribution in [0, 0.1) is 23.0 Å². The molecule has 0 radical (unpaired) electrons. The summed E-state index contributed by atoms with van der Waals surface area (Å²) < 4.78 is 28.3. The number of halogens is 4. The Morgan fingerprint density at radius 2 is 1.71 bits per heavy atom. The van der Waals surface area contributed by atoms with Gasteiger partial charge in [-0.15, -0.1) is 0 Å². The predicted octanol–water partition coefficient (Wildman–Crippen LogP) is 4.61. The fraction of sp³-hybridized carbons (Fsp3) is 0. The molecule has 0 spiro atoms. The monoisotopic (exact) mass is 414 g/mol. The van der Waals surface area contributed by atoms with E-state index in [0.29, 0.717) is 4.47 Å². The van der Waals surface area contributed by atoms with Gasteiger partial charge in [0.2, 0.25) is 0 Å². The van der Waals surface area contributed by atoms with Gasteiger partial charge in [0.15, 0.2) is 0 Å². The van der Waals surface area contributed by atoms with Crippen molar-refractivity contribution in [2.45, 2.75) is 0 Å². The van der Waals surface area contributed by atoms with Crippen molar-refractivity contribution in [3.8, 4) is 6.07 Å². The van der Waals surface area contributed by atoms with Crippen molar-refractivity contribution in [1.82, 2.24) is 0 Å². The van der Waals surface area contributed by atoms with Gasteiger partial charge in [0, 0.05) is 8.95 Å². The zero-order valence-electron chi connectivity index (χ0n) is 10.3. The molecule has 0 aliphatic heterocycles. The summed E-state index contributed by atoms with van der Waals surface area (Å²) in [6, 6.07) is 8.43. The number of anilines is 1. The highest BCUT2D eigenvalue weighted by Gasteiger charge is 2.19. The number of amides is 1. The zero-order valence-corrected chi connectivity index (χ0v) is 13.4. The van der Waals surface area contributed by atoms with E-state index in [9.17, 15) is 13.6 Å². The van der Waals surface area contributed by atoms with Crippen molar-refractivity contribution in [3.63, 3.8) is 0 Å². The Balaban J connectivity index is 2.38. The lowest BCUT2D eigenvalue weighted by molar-refractivity contribution is 0.101. The van der Waals surface area contributed by atoms with Gasteiger partial charge in [-0.25, -0.2) is 8.78 Å². The Morgan fingerprint density at radius 1 is 1.10 bits per heavy atom. The molecule has 0 aliphatic carbocycles. The molecule has 1 amide bonds. The van der Waals surface area contributed by atoms with E-state index in [-0.39, 0.29) is 15.7 Å². The first-order chi connectivity index (χ1) is 9.92. The molecule has 2 aromatic carbocycles. The van der Waals surface area contributed by atoms with Crippen molar-refractivity contribution in [3.05, 3.63) is 62.0 Å². The highest BCUT2D eigenvalue weighted by molar-refractivity contribution is 9.10. The second kappa shape index (κ2) is 6.33. The lowest BCUT2D eigenvalue weighted by Gasteiger charge is -2.09. The second-order valence-corrected chi connectivity index (χ2v) is 5.83. The van der Waals surface area contributed by atoms with Gasteiger partial charge in [0.25, 0.3) is 5.91 Å². The van der Waals surface area contributed by atoms with Crippen molar-refractivity contribution in [1.29, 1.82) is 5.26 Å². The number of nitrogens with zero attached hydrogens (tertiary/aromatic N) is 1. The van der Waals surface area contributed by atoms with Crippen molar-refractivity contribution < 1.29 is 13.6 Å². The molecule has 106 valence electrons. The van der Waals surface area contributed by atoms with E-state index in [1.807, 2.05) is 6.07 Å². The molecule has 0 saturated carbocycles. The molecule has 1 N–H and O–H groups in total. The lowest BCUT2D eigenvalue weighted by atomic mass is 10.1. The van der Waals surface area contributed by atoms with Crippen LogP contribution in [0.15, 0.2) is 39.3 Å². The average Bonchev–Trinajstić information content (AvgIpc) is 2.39. The van der Waals surface area contributed by atoms with Crippen LogP contribution in [0.3, 0.4) is 0 Å². The summed E-state index contributed by atoms with van der Waals surface area (Å²) in [6.45, 7) is 0. The van der Waals surface area contributed by atoms with Gasteiger partial charge in [0.05, 0.1) is 11.3 Å². The van der Waals surface area contributed by atoms with Crippen LogP contribution >= 0.6 is 31.9 Å². The molecule has 2 rings (SSSR count). The van der Waals surface area contributed by atoms with Crippen LogP contribution < -0.4 is 5.32 Å². The molecular weight excluding hydrogens is 410 g/mol. The molecule has 0 aliphatic rings. The Kier molecular flexibility index (Phi) is 4.70. The Labute approximate surface area is 135 Å². The van der Waals surface area contributed by atoms with E-state index < -0.39 is 23.1 Å². The van der Waals surface area contributed by atoms with Crippen LogP contribution in [0.5, 0.6) is 0 Å². The molecule has 0 unspecified atom stereocenters. The summed E-state index contributed by atoms with van der Waals surface area (Å²) >= 11 is 6.12.